The molecule has 3 aliphatic rings. The minimum atomic E-state index is -1.93. The number of nitrogens with one attached hydrogen (secondary N) is 3. The van der Waals surface area contributed by atoms with Crippen molar-refractivity contribution in [1.82, 2.24) is 19.9 Å². The van der Waals surface area contributed by atoms with E-state index in [2.05, 4.69) is 26.3 Å². The maximum absolute atomic E-state index is 14.8. The SMILES string of the molecule is N#C[C@@]1(C(=O)c2c[nH]c3ccccc23)[C@@H](c2ncc[nH]2)C2CSCN2[C@]12C(=O)Nc1ccc(F)cc12. The Morgan fingerprint density at radius 3 is 2.92 bits per heavy atom. The van der Waals surface area contributed by atoms with Crippen molar-refractivity contribution in [2.24, 2.45) is 5.41 Å². The number of hydrogen-bond acceptors (Lipinski definition) is 6. The normalized spacial score (nSPS) is 28.8. The number of ketones is 1. The summed E-state index contributed by atoms with van der Waals surface area (Å²) in [5.41, 5.74) is -1.89. The molecule has 0 aliphatic carbocycles. The minimum Gasteiger partial charge on any atom is -0.360 e. The maximum atomic E-state index is 14.8. The molecule has 3 aliphatic heterocycles. The van der Waals surface area contributed by atoms with Gasteiger partial charge in [-0.25, -0.2) is 9.37 Å². The first-order valence-electron chi connectivity index (χ1n) is 11.5. The van der Waals surface area contributed by atoms with E-state index in [1.54, 1.807) is 30.4 Å². The van der Waals surface area contributed by atoms with E-state index in [-0.39, 0.29) is 6.04 Å². The van der Waals surface area contributed by atoms with Crippen LogP contribution in [0, 0.1) is 22.6 Å². The van der Waals surface area contributed by atoms with Gasteiger partial charge in [0.05, 0.1) is 12.0 Å². The van der Waals surface area contributed by atoms with Crippen molar-refractivity contribution in [3.8, 4) is 6.07 Å². The predicted molar refractivity (Wildman–Crippen MR) is 132 cm³/mol. The Hall–Kier alpha value is -3.94. The molecule has 1 unspecified atom stereocenters. The van der Waals surface area contributed by atoms with E-state index >= 15 is 0 Å². The monoisotopic (exact) mass is 498 g/mol. The van der Waals surface area contributed by atoms with Crippen molar-refractivity contribution < 1.29 is 14.0 Å². The number of carbonyl (C=O) groups excluding carboxylic acids is 2. The minimum absolute atomic E-state index is 0.309. The van der Waals surface area contributed by atoms with Gasteiger partial charge in [0.25, 0.3) is 5.91 Å². The van der Waals surface area contributed by atoms with E-state index in [0.29, 0.717) is 39.7 Å². The topological polar surface area (TPSA) is 118 Å². The van der Waals surface area contributed by atoms with Gasteiger partial charge in [0.15, 0.2) is 16.7 Å². The number of amides is 1. The summed E-state index contributed by atoms with van der Waals surface area (Å²) < 4.78 is 14.7. The van der Waals surface area contributed by atoms with Crippen LogP contribution in [0.4, 0.5) is 10.1 Å². The van der Waals surface area contributed by atoms with Gasteiger partial charge in [0.1, 0.15) is 11.6 Å². The number of hydrogen-bond donors (Lipinski definition) is 3. The van der Waals surface area contributed by atoms with Crippen molar-refractivity contribution in [3.05, 3.63) is 83.8 Å². The highest BCUT2D eigenvalue weighted by Gasteiger charge is 2.79. The highest BCUT2D eigenvalue weighted by molar-refractivity contribution is 7.99. The van der Waals surface area contributed by atoms with Crippen LogP contribution in [0.15, 0.2) is 61.1 Å². The standard InChI is InChI=1S/C26H19FN6O2S/c27-14-5-6-19-17(9-14)26(24(35)32-19)25(12-28,22(34)16-10-31-18-4-2-1-3-15(16)18)21(23-29-7-8-30-23)20-11-36-13-33(20)26/h1-10,20-21,31H,11,13H2,(H,29,30)(H,32,35)/t20?,21-,25+,26-/m1/s1. The number of carbonyl (C=O) groups is 2. The molecule has 7 rings (SSSR count). The number of Topliss-reactive ketones (excluding diaryl/α,β-unsaturated/α-hetero) is 1. The number of anilines is 1. The van der Waals surface area contributed by atoms with E-state index in [1.807, 2.05) is 29.2 Å². The predicted octanol–water partition coefficient (Wildman–Crippen LogP) is 3.74. The van der Waals surface area contributed by atoms with Crippen LogP contribution in [0.25, 0.3) is 10.9 Å². The summed E-state index contributed by atoms with van der Waals surface area (Å²) in [5.74, 6) is -0.827. The molecule has 5 heterocycles. The number of thioether (sulfide) groups is 1. The van der Waals surface area contributed by atoms with Crippen LogP contribution in [0.3, 0.4) is 0 Å². The summed E-state index contributed by atoms with van der Waals surface area (Å²) in [4.78, 5) is 41.6. The van der Waals surface area contributed by atoms with Gasteiger partial charge >= 0.3 is 0 Å². The summed E-state index contributed by atoms with van der Waals surface area (Å²) in [7, 11) is 0. The fourth-order valence-corrected chi connectivity index (χ4v) is 7.87. The smallest absolute Gasteiger partial charge is 0.251 e. The molecular weight excluding hydrogens is 479 g/mol. The van der Waals surface area contributed by atoms with Crippen molar-refractivity contribution in [2.75, 3.05) is 16.9 Å². The second-order valence-corrected chi connectivity index (χ2v) is 10.3. The summed E-state index contributed by atoms with van der Waals surface area (Å²) in [6, 6.07) is 13.4. The number of H-pyrrole nitrogens is 2. The highest BCUT2D eigenvalue weighted by Crippen LogP contribution is 2.67. The molecule has 0 saturated carbocycles. The summed E-state index contributed by atoms with van der Waals surface area (Å²) in [6.45, 7) is 0. The summed E-state index contributed by atoms with van der Waals surface area (Å²) in [6.07, 6.45) is 4.82. The van der Waals surface area contributed by atoms with Gasteiger partial charge < -0.3 is 15.3 Å². The number of nitrogens with zero attached hydrogens (tertiary/aromatic N) is 3. The van der Waals surface area contributed by atoms with Gasteiger partial charge in [-0.2, -0.15) is 5.26 Å². The van der Waals surface area contributed by atoms with E-state index < -0.39 is 34.4 Å². The Labute approximate surface area is 208 Å². The third-order valence-electron chi connectivity index (χ3n) is 7.90. The Morgan fingerprint density at radius 2 is 2.11 bits per heavy atom. The molecule has 2 aromatic heterocycles. The first-order valence-corrected chi connectivity index (χ1v) is 12.7. The van der Waals surface area contributed by atoms with Crippen LogP contribution in [-0.2, 0) is 10.3 Å². The highest BCUT2D eigenvalue weighted by atomic mass is 32.2. The molecule has 10 heteroatoms. The molecule has 1 spiro atoms. The zero-order valence-electron chi connectivity index (χ0n) is 18.8. The number of benzene rings is 2. The van der Waals surface area contributed by atoms with Crippen LogP contribution in [0.1, 0.15) is 27.7 Å². The fraction of sp³-hybridized carbons (Fsp3) is 0.231. The molecular formula is C26H19FN6O2S. The van der Waals surface area contributed by atoms with Crippen molar-refractivity contribution >= 4 is 40.0 Å². The Kier molecular flexibility index (Phi) is 4.32. The molecule has 2 aromatic carbocycles. The van der Waals surface area contributed by atoms with Crippen LogP contribution >= 0.6 is 11.8 Å². The second-order valence-electron chi connectivity index (χ2n) is 9.34. The number of aromatic nitrogens is 3. The van der Waals surface area contributed by atoms with Crippen LogP contribution in [-0.4, -0.2) is 49.2 Å². The molecule has 3 N–H and O–H groups in total. The van der Waals surface area contributed by atoms with E-state index in [9.17, 15) is 19.2 Å². The quantitative estimate of drug-likeness (QED) is 0.371. The van der Waals surface area contributed by atoms with Crippen molar-refractivity contribution in [1.29, 1.82) is 5.26 Å². The van der Waals surface area contributed by atoms with Crippen molar-refractivity contribution in [2.45, 2.75) is 17.5 Å². The Balaban J connectivity index is 1.60. The van der Waals surface area contributed by atoms with E-state index in [0.717, 1.165) is 5.52 Å². The van der Waals surface area contributed by atoms with Gasteiger partial charge in [-0.15, -0.1) is 11.8 Å². The number of imidazole rings is 1. The lowest BCUT2D eigenvalue weighted by molar-refractivity contribution is -0.129. The third-order valence-corrected chi connectivity index (χ3v) is 8.94. The van der Waals surface area contributed by atoms with E-state index in [4.69, 9.17) is 0 Å². The number of aromatic amines is 2. The number of para-hydroxylation sites is 1. The summed E-state index contributed by atoms with van der Waals surface area (Å²) >= 11 is 1.62. The first-order chi connectivity index (χ1) is 17.5. The van der Waals surface area contributed by atoms with Gasteiger partial charge in [0, 0.05) is 64.0 Å². The molecule has 0 radical (unpaired) electrons. The molecule has 178 valence electrons. The maximum Gasteiger partial charge on any atom is 0.251 e. The lowest BCUT2D eigenvalue weighted by atomic mass is 9.59. The van der Waals surface area contributed by atoms with Crippen molar-refractivity contribution in [3.63, 3.8) is 0 Å². The fourth-order valence-electron chi connectivity index (χ4n) is 6.57. The van der Waals surface area contributed by atoms with Gasteiger partial charge in [-0.1, -0.05) is 18.2 Å². The van der Waals surface area contributed by atoms with Gasteiger partial charge in [0.2, 0.25) is 0 Å². The molecule has 1 amide bonds. The number of nitriles is 1. The molecule has 2 saturated heterocycles. The largest absolute Gasteiger partial charge is 0.360 e. The van der Waals surface area contributed by atoms with Crippen LogP contribution < -0.4 is 5.32 Å². The molecule has 8 nitrogen and oxygen atoms in total. The lowest BCUT2D eigenvalue weighted by Crippen LogP contribution is -2.59. The molecule has 2 fully saturated rings. The van der Waals surface area contributed by atoms with E-state index in [1.165, 1.54) is 18.2 Å². The number of fused-ring (bicyclic) bond motifs is 5. The zero-order chi connectivity index (χ0) is 24.7. The first kappa shape index (κ1) is 21.4. The molecule has 0 bridgehead atoms. The molecule has 36 heavy (non-hydrogen) atoms. The summed E-state index contributed by atoms with van der Waals surface area (Å²) in [5, 5.41) is 14.6. The van der Waals surface area contributed by atoms with Crippen LogP contribution in [0.2, 0.25) is 0 Å². The average Bonchev–Trinajstić information content (AvgIpc) is 3.69. The molecule has 4 atom stereocenters. The van der Waals surface area contributed by atoms with Gasteiger partial charge in [-0.3, -0.25) is 14.5 Å². The zero-order valence-corrected chi connectivity index (χ0v) is 19.6. The number of halogens is 1. The second kappa shape index (κ2) is 7.29. The molecule has 4 aromatic rings. The third kappa shape index (κ3) is 2.34. The van der Waals surface area contributed by atoms with Gasteiger partial charge in [-0.05, 0) is 24.3 Å². The lowest BCUT2D eigenvalue weighted by Gasteiger charge is -2.41. The Morgan fingerprint density at radius 1 is 1.25 bits per heavy atom. The van der Waals surface area contributed by atoms with Crippen LogP contribution in [0.5, 0.6) is 0 Å². The Bertz CT molecular complexity index is 1610. The average molecular weight is 499 g/mol. The number of rotatable bonds is 3.